The monoisotopic (exact) mass is 423 g/mol. The molecule has 3 rings (SSSR count). The molecule has 1 aliphatic heterocycles. The van der Waals surface area contributed by atoms with Crippen LogP contribution in [-0.4, -0.2) is 35.2 Å². The summed E-state index contributed by atoms with van der Waals surface area (Å²) < 4.78 is 5.48. The van der Waals surface area contributed by atoms with Gasteiger partial charge in [-0.05, 0) is 43.2 Å². The van der Waals surface area contributed by atoms with Crippen molar-refractivity contribution in [3.05, 3.63) is 65.7 Å². The van der Waals surface area contributed by atoms with E-state index in [9.17, 15) is 19.2 Å². The van der Waals surface area contributed by atoms with Crippen molar-refractivity contribution in [2.24, 2.45) is 0 Å². The number of hydrazine groups is 1. The standard InChI is InChI=1S/C23H25N3O5/c1-3-15-31-18-11-9-16(10-12-18)19(27)13-14-20(28)25-26-21(29)23(2,24-22(26)30)17-7-5-4-6-8-17/h4-12H,3,13-15H2,1-2H3,(H,24,30)(H,25,28). The van der Waals surface area contributed by atoms with Gasteiger partial charge >= 0.3 is 6.03 Å². The maximum Gasteiger partial charge on any atom is 0.344 e. The summed E-state index contributed by atoms with van der Waals surface area (Å²) in [5, 5.41) is 3.27. The van der Waals surface area contributed by atoms with Crippen LogP contribution in [0.3, 0.4) is 0 Å². The summed E-state index contributed by atoms with van der Waals surface area (Å²) in [6.07, 6.45) is 0.671. The predicted octanol–water partition coefficient (Wildman–Crippen LogP) is 2.94. The number of hydrogen-bond acceptors (Lipinski definition) is 5. The van der Waals surface area contributed by atoms with E-state index in [4.69, 9.17) is 4.74 Å². The molecule has 2 N–H and O–H groups in total. The third-order valence-corrected chi connectivity index (χ3v) is 5.01. The molecule has 8 nitrogen and oxygen atoms in total. The highest BCUT2D eigenvalue weighted by Crippen LogP contribution is 2.27. The normalized spacial score (nSPS) is 17.9. The minimum atomic E-state index is -1.27. The van der Waals surface area contributed by atoms with Gasteiger partial charge in [-0.25, -0.2) is 4.79 Å². The van der Waals surface area contributed by atoms with Crippen LogP contribution in [-0.2, 0) is 15.1 Å². The second-order valence-corrected chi connectivity index (χ2v) is 7.39. The van der Waals surface area contributed by atoms with Crippen molar-refractivity contribution in [1.82, 2.24) is 15.8 Å². The zero-order valence-electron chi connectivity index (χ0n) is 17.5. The van der Waals surface area contributed by atoms with Crippen molar-refractivity contribution < 1.29 is 23.9 Å². The van der Waals surface area contributed by atoms with E-state index in [-0.39, 0.29) is 18.6 Å². The second-order valence-electron chi connectivity index (χ2n) is 7.39. The number of ketones is 1. The highest BCUT2D eigenvalue weighted by molar-refractivity contribution is 6.08. The SMILES string of the molecule is CCCOc1ccc(C(=O)CCC(=O)NN2C(=O)NC(C)(c3ccccc3)C2=O)cc1. The Hall–Kier alpha value is -3.68. The zero-order chi connectivity index (χ0) is 22.4. The third kappa shape index (κ3) is 4.91. The molecule has 1 heterocycles. The van der Waals surface area contributed by atoms with Crippen LogP contribution >= 0.6 is 0 Å². The number of nitrogens with one attached hydrogen (secondary N) is 2. The molecule has 4 amide bonds. The molecule has 2 aromatic rings. The average molecular weight is 423 g/mol. The smallest absolute Gasteiger partial charge is 0.344 e. The summed E-state index contributed by atoms with van der Waals surface area (Å²) in [5.74, 6) is -0.734. The number of amides is 4. The predicted molar refractivity (Wildman–Crippen MR) is 113 cm³/mol. The van der Waals surface area contributed by atoms with Gasteiger partial charge in [-0.2, -0.15) is 5.01 Å². The molecule has 0 aromatic heterocycles. The van der Waals surface area contributed by atoms with Crippen LogP contribution in [0.4, 0.5) is 4.79 Å². The van der Waals surface area contributed by atoms with Crippen molar-refractivity contribution in [2.45, 2.75) is 38.6 Å². The fraction of sp³-hybridized carbons (Fsp3) is 0.304. The van der Waals surface area contributed by atoms with Crippen molar-refractivity contribution in [1.29, 1.82) is 0 Å². The molecule has 1 atom stereocenters. The third-order valence-electron chi connectivity index (χ3n) is 5.01. The number of rotatable bonds is 9. The lowest BCUT2D eigenvalue weighted by atomic mass is 9.92. The van der Waals surface area contributed by atoms with Crippen molar-refractivity contribution in [3.63, 3.8) is 0 Å². The Balaban J connectivity index is 1.55. The number of urea groups is 1. The van der Waals surface area contributed by atoms with Crippen LogP contribution in [0.15, 0.2) is 54.6 Å². The van der Waals surface area contributed by atoms with Gasteiger partial charge in [0.15, 0.2) is 5.78 Å². The highest BCUT2D eigenvalue weighted by atomic mass is 16.5. The van der Waals surface area contributed by atoms with E-state index in [1.165, 1.54) is 0 Å². The molecule has 1 saturated heterocycles. The summed E-state index contributed by atoms with van der Waals surface area (Å²) in [7, 11) is 0. The first kappa shape index (κ1) is 22.0. The first-order valence-corrected chi connectivity index (χ1v) is 10.1. The lowest BCUT2D eigenvalue weighted by Crippen LogP contribution is -2.47. The van der Waals surface area contributed by atoms with E-state index in [1.54, 1.807) is 61.5 Å². The topological polar surface area (TPSA) is 105 Å². The van der Waals surface area contributed by atoms with Crippen LogP contribution in [0.1, 0.15) is 49.0 Å². The number of ether oxygens (including phenoxy) is 1. The number of benzene rings is 2. The van der Waals surface area contributed by atoms with Gasteiger partial charge < -0.3 is 10.1 Å². The fourth-order valence-electron chi connectivity index (χ4n) is 3.22. The summed E-state index contributed by atoms with van der Waals surface area (Å²) in [5.41, 5.74) is 2.09. The Labute approximate surface area is 180 Å². The van der Waals surface area contributed by atoms with Crippen LogP contribution in [0.2, 0.25) is 0 Å². The zero-order valence-corrected chi connectivity index (χ0v) is 17.5. The quantitative estimate of drug-likeness (QED) is 0.477. The Bertz CT molecular complexity index is 974. The molecule has 8 heteroatoms. The Morgan fingerprint density at radius 1 is 1.03 bits per heavy atom. The molecule has 0 bridgehead atoms. The number of imide groups is 1. The molecule has 31 heavy (non-hydrogen) atoms. The average Bonchev–Trinajstić information content (AvgIpc) is 3.01. The van der Waals surface area contributed by atoms with Gasteiger partial charge in [0.25, 0.3) is 5.91 Å². The molecule has 1 unspecified atom stereocenters. The lowest BCUT2D eigenvalue weighted by Gasteiger charge is -2.22. The molecule has 1 aliphatic rings. The number of hydrogen-bond donors (Lipinski definition) is 2. The molecule has 2 aromatic carbocycles. The largest absolute Gasteiger partial charge is 0.494 e. The number of carbonyl (C=O) groups is 4. The molecule has 0 saturated carbocycles. The summed E-state index contributed by atoms with van der Waals surface area (Å²) in [6.45, 7) is 4.18. The van der Waals surface area contributed by atoms with E-state index in [0.29, 0.717) is 28.5 Å². The summed E-state index contributed by atoms with van der Waals surface area (Å²) >= 11 is 0. The number of nitrogens with zero attached hydrogens (tertiary/aromatic N) is 1. The Kier molecular flexibility index (Phi) is 6.69. The molecule has 0 spiro atoms. The second kappa shape index (κ2) is 9.42. The number of Topliss-reactive ketones (excluding diaryl/α,β-unsaturated/α-hetero) is 1. The van der Waals surface area contributed by atoms with E-state index in [2.05, 4.69) is 10.7 Å². The first-order valence-electron chi connectivity index (χ1n) is 10.1. The van der Waals surface area contributed by atoms with E-state index in [0.717, 1.165) is 6.42 Å². The van der Waals surface area contributed by atoms with Crippen LogP contribution < -0.4 is 15.5 Å². The van der Waals surface area contributed by atoms with Gasteiger partial charge in [0.1, 0.15) is 11.3 Å². The van der Waals surface area contributed by atoms with Crippen molar-refractivity contribution in [2.75, 3.05) is 6.61 Å². The van der Waals surface area contributed by atoms with Gasteiger partial charge in [-0.1, -0.05) is 37.3 Å². The fourth-order valence-corrected chi connectivity index (χ4v) is 3.22. The van der Waals surface area contributed by atoms with Crippen LogP contribution in [0.25, 0.3) is 0 Å². The minimum Gasteiger partial charge on any atom is -0.494 e. The van der Waals surface area contributed by atoms with Crippen LogP contribution in [0.5, 0.6) is 5.75 Å². The molecule has 162 valence electrons. The summed E-state index contributed by atoms with van der Waals surface area (Å²) in [6, 6.07) is 14.8. The van der Waals surface area contributed by atoms with E-state index in [1.807, 2.05) is 6.92 Å². The van der Waals surface area contributed by atoms with Gasteiger partial charge in [0.05, 0.1) is 6.61 Å². The molecular weight excluding hydrogens is 398 g/mol. The van der Waals surface area contributed by atoms with Gasteiger partial charge in [0.2, 0.25) is 5.91 Å². The maximum atomic E-state index is 12.8. The van der Waals surface area contributed by atoms with E-state index >= 15 is 0 Å². The van der Waals surface area contributed by atoms with Gasteiger partial charge in [-0.15, -0.1) is 0 Å². The minimum absolute atomic E-state index is 0.0550. The highest BCUT2D eigenvalue weighted by Gasteiger charge is 2.49. The van der Waals surface area contributed by atoms with Crippen molar-refractivity contribution >= 4 is 23.6 Å². The van der Waals surface area contributed by atoms with Gasteiger partial charge in [-0.3, -0.25) is 19.8 Å². The lowest BCUT2D eigenvalue weighted by molar-refractivity contribution is -0.138. The van der Waals surface area contributed by atoms with E-state index < -0.39 is 23.4 Å². The Morgan fingerprint density at radius 2 is 1.71 bits per heavy atom. The first-order chi connectivity index (χ1) is 14.8. The number of carbonyl (C=O) groups excluding carboxylic acids is 4. The molecule has 0 radical (unpaired) electrons. The maximum absolute atomic E-state index is 12.8. The summed E-state index contributed by atoms with van der Waals surface area (Å²) in [4.78, 5) is 49.7. The van der Waals surface area contributed by atoms with Gasteiger partial charge in [0, 0.05) is 18.4 Å². The van der Waals surface area contributed by atoms with Crippen molar-refractivity contribution in [3.8, 4) is 5.75 Å². The molecule has 1 fully saturated rings. The molecular formula is C23H25N3O5. The molecule has 0 aliphatic carbocycles. The Morgan fingerprint density at radius 3 is 2.35 bits per heavy atom. The van der Waals surface area contributed by atoms with Crippen LogP contribution in [0, 0.1) is 0 Å².